The van der Waals surface area contributed by atoms with Crippen molar-refractivity contribution in [3.63, 3.8) is 0 Å². The van der Waals surface area contributed by atoms with Crippen LogP contribution in [0.4, 0.5) is 11.8 Å². The van der Waals surface area contributed by atoms with E-state index in [1.165, 1.54) is 0 Å². The van der Waals surface area contributed by atoms with E-state index in [0.29, 0.717) is 19.3 Å². The van der Waals surface area contributed by atoms with Crippen LogP contribution in [0.15, 0.2) is 6.07 Å². The smallest absolute Gasteiger partial charge is 0.227 e. The summed E-state index contributed by atoms with van der Waals surface area (Å²) in [4.78, 5) is 11.5. The first-order chi connectivity index (χ1) is 10.6. The number of anilines is 2. The molecule has 3 rings (SSSR count). The van der Waals surface area contributed by atoms with Crippen molar-refractivity contribution in [1.82, 2.24) is 9.97 Å². The van der Waals surface area contributed by atoms with Gasteiger partial charge < -0.3 is 19.7 Å². The van der Waals surface area contributed by atoms with Crippen molar-refractivity contribution < 1.29 is 9.47 Å². The Morgan fingerprint density at radius 2 is 1.95 bits per heavy atom. The Bertz CT molecular complexity index is 507. The van der Waals surface area contributed by atoms with Gasteiger partial charge in [-0.1, -0.05) is 6.92 Å². The lowest BCUT2D eigenvalue weighted by Crippen LogP contribution is -2.45. The van der Waals surface area contributed by atoms with Crippen molar-refractivity contribution in [2.24, 2.45) is 0 Å². The summed E-state index contributed by atoms with van der Waals surface area (Å²) in [6, 6.07) is 2.41. The predicted molar refractivity (Wildman–Crippen MR) is 86.2 cm³/mol. The van der Waals surface area contributed by atoms with E-state index in [-0.39, 0.29) is 5.79 Å². The molecule has 6 nitrogen and oxygen atoms in total. The average molecular weight is 306 g/mol. The molecule has 0 amide bonds. The van der Waals surface area contributed by atoms with Gasteiger partial charge in [-0.2, -0.15) is 4.98 Å². The number of rotatable bonds is 4. The number of aromatic nitrogens is 2. The molecular weight excluding hydrogens is 280 g/mol. The van der Waals surface area contributed by atoms with Gasteiger partial charge in [0.15, 0.2) is 5.79 Å². The van der Waals surface area contributed by atoms with Gasteiger partial charge in [0.2, 0.25) is 5.95 Å². The summed E-state index contributed by atoms with van der Waals surface area (Å²) in [6.45, 7) is 9.50. The van der Waals surface area contributed by atoms with Crippen molar-refractivity contribution >= 4 is 11.8 Å². The number of hydrogen-bond donors (Lipinski definition) is 1. The van der Waals surface area contributed by atoms with E-state index in [4.69, 9.17) is 9.47 Å². The second-order valence-corrected chi connectivity index (χ2v) is 6.24. The quantitative estimate of drug-likeness (QED) is 0.921. The number of aryl methyl sites for hydroxylation is 1. The fourth-order valence-electron chi connectivity index (χ4n) is 2.96. The van der Waals surface area contributed by atoms with Gasteiger partial charge in [0.1, 0.15) is 5.82 Å². The van der Waals surface area contributed by atoms with Crippen molar-refractivity contribution in [2.75, 3.05) is 36.5 Å². The highest BCUT2D eigenvalue weighted by Crippen LogP contribution is 2.32. The lowest BCUT2D eigenvalue weighted by Gasteiger charge is -2.37. The number of piperidine rings is 1. The van der Waals surface area contributed by atoms with Crippen LogP contribution < -0.4 is 10.2 Å². The molecule has 6 heteroatoms. The molecule has 1 aromatic rings. The predicted octanol–water partition coefficient (Wildman–Crippen LogP) is 2.34. The maximum atomic E-state index is 5.78. The molecule has 0 saturated carbocycles. The standard InChI is InChI=1S/C16H26N4O2/c1-4-12(2)17-14-11-13(3)18-15(19-14)20-7-5-16(6-8-20)21-9-10-22-16/h11-12H,4-10H2,1-3H3,(H,17,18,19). The highest BCUT2D eigenvalue weighted by molar-refractivity contribution is 5.44. The molecule has 0 aliphatic carbocycles. The van der Waals surface area contributed by atoms with Crippen LogP contribution in [0.5, 0.6) is 0 Å². The number of hydrogen-bond acceptors (Lipinski definition) is 6. The first-order valence-corrected chi connectivity index (χ1v) is 8.25. The zero-order valence-electron chi connectivity index (χ0n) is 13.8. The van der Waals surface area contributed by atoms with E-state index in [9.17, 15) is 0 Å². The SMILES string of the molecule is CCC(C)Nc1cc(C)nc(N2CCC3(CC2)OCCO3)n1. The van der Waals surface area contributed by atoms with Crippen LogP contribution in [0, 0.1) is 6.92 Å². The lowest BCUT2D eigenvalue weighted by molar-refractivity contribution is -0.169. The van der Waals surface area contributed by atoms with Gasteiger partial charge in [-0.3, -0.25) is 0 Å². The summed E-state index contributed by atoms with van der Waals surface area (Å²) >= 11 is 0. The molecule has 0 radical (unpaired) electrons. The van der Waals surface area contributed by atoms with E-state index >= 15 is 0 Å². The molecule has 1 unspecified atom stereocenters. The summed E-state index contributed by atoms with van der Waals surface area (Å²) < 4.78 is 11.6. The molecule has 0 aromatic carbocycles. The van der Waals surface area contributed by atoms with Gasteiger partial charge in [0.05, 0.1) is 13.2 Å². The molecule has 2 aliphatic rings. The number of nitrogens with zero attached hydrogens (tertiary/aromatic N) is 3. The Morgan fingerprint density at radius 3 is 2.59 bits per heavy atom. The van der Waals surface area contributed by atoms with Crippen LogP contribution in [0.1, 0.15) is 38.8 Å². The Labute approximate surface area is 132 Å². The highest BCUT2D eigenvalue weighted by atomic mass is 16.7. The normalized spacial score (nSPS) is 22.0. The van der Waals surface area contributed by atoms with Gasteiger partial charge in [-0.15, -0.1) is 0 Å². The lowest BCUT2D eigenvalue weighted by atomic mass is 10.0. The van der Waals surface area contributed by atoms with E-state index in [0.717, 1.165) is 49.8 Å². The minimum atomic E-state index is -0.349. The zero-order valence-corrected chi connectivity index (χ0v) is 13.8. The average Bonchev–Trinajstić information content (AvgIpc) is 2.95. The van der Waals surface area contributed by atoms with Crippen LogP contribution in [0.2, 0.25) is 0 Å². The van der Waals surface area contributed by atoms with Gasteiger partial charge >= 0.3 is 0 Å². The molecule has 2 fully saturated rings. The van der Waals surface area contributed by atoms with Crippen molar-refractivity contribution in [3.8, 4) is 0 Å². The summed E-state index contributed by atoms with van der Waals surface area (Å²) in [5.74, 6) is 1.36. The van der Waals surface area contributed by atoms with E-state index in [2.05, 4.69) is 34.0 Å². The zero-order chi connectivity index (χ0) is 15.6. The second-order valence-electron chi connectivity index (χ2n) is 6.24. The summed E-state index contributed by atoms with van der Waals surface area (Å²) in [5.41, 5.74) is 0.990. The number of ether oxygens (including phenoxy) is 2. The fraction of sp³-hybridized carbons (Fsp3) is 0.750. The Morgan fingerprint density at radius 1 is 1.27 bits per heavy atom. The number of nitrogens with one attached hydrogen (secondary N) is 1. The molecular formula is C16H26N4O2. The summed E-state index contributed by atoms with van der Waals surface area (Å²) in [7, 11) is 0. The van der Waals surface area contributed by atoms with Crippen LogP contribution in [-0.4, -0.2) is 48.1 Å². The summed E-state index contributed by atoms with van der Waals surface area (Å²) in [6.07, 6.45) is 2.82. The molecule has 1 N–H and O–H groups in total. The highest BCUT2D eigenvalue weighted by Gasteiger charge is 2.40. The van der Waals surface area contributed by atoms with E-state index in [1.807, 2.05) is 13.0 Å². The fourth-order valence-corrected chi connectivity index (χ4v) is 2.96. The van der Waals surface area contributed by atoms with Gasteiger partial charge in [-0.05, 0) is 20.3 Å². The largest absolute Gasteiger partial charge is 0.367 e. The van der Waals surface area contributed by atoms with Crippen LogP contribution in [0.3, 0.4) is 0 Å². The molecule has 1 spiro atoms. The minimum absolute atomic E-state index is 0.349. The van der Waals surface area contributed by atoms with Crippen LogP contribution >= 0.6 is 0 Å². The Balaban J connectivity index is 1.69. The molecule has 22 heavy (non-hydrogen) atoms. The Kier molecular flexibility index (Phi) is 4.49. The molecule has 122 valence electrons. The first kappa shape index (κ1) is 15.5. The van der Waals surface area contributed by atoms with Crippen LogP contribution in [-0.2, 0) is 9.47 Å². The monoisotopic (exact) mass is 306 g/mol. The molecule has 2 aliphatic heterocycles. The molecule has 1 atom stereocenters. The first-order valence-electron chi connectivity index (χ1n) is 8.25. The third kappa shape index (κ3) is 3.33. The van der Waals surface area contributed by atoms with E-state index in [1.54, 1.807) is 0 Å². The maximum Gasteiger partial charge on any atom is 0.227 e. The van der Waals surface area contributed by atoms with Gasteiger partial charge in [0, 0.05) is 43.7 Å². The topological polar surface area (TPSA) is 59.5 Å². The van der Waals surface area contributed by atoms with Crippen molar-refractivity contribution in [3.05, 3.63) is 11.8 Å². The maximum absolute atomic E-state index is 5.78. The Hall–Kier alpha value is -1.40. The third-order valence-corrected chi connectivity index (χ3v) is 4.47. The van der Waals surface area contributed by atoms with Crippen LogP contribution in [0.25, 0.3) is 0 Å². The molecule has 1 aromatic heterocycles. The molecule has 2 saturated heterocycles. The molecule has 3 heterocycles. The van der Waals surface area contributed by atoms with E-state index < -0.39 is 0 Å². The summed E-state index contributed by atoms with van der Waals surface area (Å²) in [5, 5.41) is 3.43. The van der Waals surface area contributed by atoms with Gasteiger partial charge in [0.25, 0.3) is 0 Å². The van der Waals surface area contributed by atoms with Crippen molar-refractivity contribution in [1.29, 1.82) is 0 Å². The minimum Gasteiger partial charge on any atom is -0.367 e. The van der Waals surface area contributed by atoms with Gasteiger partial charge in [-0.25, -0.2) is 4.98 Å². The van der Waals surface area contributed by atoms with Crippen molar-refractivity contribution in [2.45, 2.75) is 51.9 Å². The third-order valence-electron chi connectivity index (χ3n) is 4.47. The molecule has 0 bridgehead atoms. The second kappa shape index (κ2) is 6.38.